The molecular formula is C21H39NO2S. The third-order valence-electron chi connectivity index (χ3n) is 5.01. The molecule has 25 heavy (non-hydrogen) atoms. The zero-order valence-corrected chi connectivity index (χ0v) is 16.9. The van der Waals surface area contributed by atoms with Crippen LogP contribution in [0.4, 0.5) is 0 Å². The number of hydrogen-bond donors (Lipinski definition) is 1. The minimum Gasteiger partial charge on any atom is -0.215 e. The third kappa shape index (κ3) is 13.3. The minimum absolute atomic E-state index is 0.0824. The number of unbranched alkanes of at least 4 members (excludes halogenated alkanes) is 14. The summed E-state index contributed by atoms with van der Waals surface area (Å²) in [6.45, 7) is 0.627. The van der Waals surface area contributed by atoms with Gasteiger partial charge in [-0.15, -0.1) is 12.3 Å². The average molecular weight is 370 g/mol. The highest BCUT2D eigenvalue weighted by Gasteiger charge is 2.34. The van der Waals surface area contributed by atoms with E-state index in [0.717, 1.165) is 32.1 Å². The van der Waals surface area contributed by atoms with E-state index >= 15 is 0 Å². The largest absolute Gasteiger partial charge is 0.215 e. The Hall–Kier alpha value is -0.530. The van der Waals surface area contributed by atoms with Gasteiger partial charge in [0.15, 0.2) is 0 Å². The molecule has 0 amide bonds. The molecule has 4 heteroatoms. The first-order valence-corrected chi connectivity index (χ1v) is 12.1. The second-order valence-corrected chi connectivity index (χ2v) is 9.59. The molecule has 0 bridgehead atoms. The van der Waals surface area contributed by atoms with E-state index in [0.29, 0.717) is 6.54 Å². The number of nitrogens with one attached hydrogen (secondary N) is 1. The summed E-state index contributed by atoms with van der Waals surface area (Å²) in [7, 11) is -2.97. The van der Waals surface area contributed by atoms with Crippen LogP contribution in [0.1, 0.15) is 109 Å². The summed E-state index contributed by atoms with van der Waals surface area (Å²) in [6, 6.07) is 0. The van der Waals surface area contributed by atoms with Crippen LogP contribution >= 0.6 is 0 Å². The molecule has 1 fully saturated rings. The third-order valence-corrected chi connectivity index (χ3v) is 6.97. The Morgan fingerprint density at radius 2 is 1.12 bits per heavy atom. The Balaban J connectivity index is 1.70. The van der Waals surface area contributed by atoms with E-state index in [-0.39, 0.29) is 5.25 Å². The second kappa shape index (κ2) is 14.6. The lowest BCUT2D eigenvalue weighted by Gasteiger charge is -2.05. The van der Waals surface area contributed by atoms with Crippen LogP contribution in [0.25, 0.3) is 0 Å². The number of terminal acetylenes is 1. The average Bonchev–Trinajstić information content (AvgIpc) is 3.43. The van der Waals surface area contributed by atoms with Gasteiger partial charge in [-0.1, -0.05) is 77.0 Å². The fourth-order valence-electron chi connectivity index (χ4n) is 3.18. The molecule has 0 heterocycles. The van der Waals surface area contributed by atoms with Crippen LogP contribution in [-0.4, -0.2) is 20.2 Å². The van der Waals surface area contributed by atoms with Crippen molar-refractivity contribution >= 4 is 10.0 Å². The van der Waals surface area contributed by atoms with Crippen LogP contribution in [-0.2, 0) is 10.0 Å². The molecule has 0 aliphatic heterocycles. The molecule has 1 rings (SSSR count). The van der Waals surface area contributed by atoms with E-state index in [1.165, 1.54) is 77.0 Å². The van der Waals surface area contributed by atoms with E-state index in [2.05, 4.69) is 10.6 Å². The van der Waals surface area contributed by atoms with E-state index in [1.807, 2.05) is 0 Å². The van der Waals surface area contributed by atoms with Crippen molar-refractivity contribution in [3.05, 3.63) is 0 Å². The molecule has 146 valence electrons. The molecule has 1 aliphatic rings. The Morgan fingerprint density at radius 1 is 0.720 bits per heavy atom. The lowest BCUT2D eigenvalue weighted by Crippen LogP contribution is -2.28. The Kier molecular flexibility index (Phi) is 13.2. The van der Waals surface area contributed by atoms with Crippen molar-refractivity contribution in [2.24, 2.45) is 0 Å². The van der Waals surface area contributed by atoms with Crippen LogP contribution in [0.5, 0.6) is 0 Å². The molecular weight excluding hydrogens is 330 g/mol. The van der Waals surface area contributed by atoms with E-state index in [9.17, 15) is 8.42 Å². The summed E-state index contributed by atoms with van der Waals surface area (Å²) in [5, 5.41) is -0.0824. The predicted octanol–water partition coefficient (Wildman–Crippen LogP) is 5.55. The van der Waals surface area contributed by atoms with Gasteiger partial charge in [0.25, 0.3) is 0 Å². The normalized spacial score (nSPS) is 14.5. The highest BCUT2D eigenvalue weighted by atomic mass is 32.2. The molecule has 1 N–H and O–H groups in total. The summed E-state index contributed by atoms with van der Waals surface area (Å²) in [6.07, 6.45) is 26.0. The lowest BCUT2D eigenvalue weighted by molar-refractivity contribution is 0.532. The zero-order chi connectivity index (χ0) is 18.2. The first-order chi connectivity index (χ1) is 12.2. The highest BCUT2D eigenvalue weighted by Crippen LogP contribution is 2.27. The van der Waals surface area contributed by atoms with Gasteiger partial charge in [0, 0.05) is 13.0 Å². The van der Waals surface area contributed by atoms with Crippen LogP contribution < -0.4 is 4.72 Å². The molecule has 0 aromatic carbocycles. The molecule has 0 aromatic rings. The van der Waals surface area contributed by atoms with Crippen LogP contribution in [0, 0.1) is 12.3 Å². The Bertz CT molecular complexity index is 449. The first kappa shape index (κ1) is 22.5. The van der Waals surface area contributed by atoms with Gasteiger partial charge in [-0.25, -0.2) is 13.1 Å². The molecule has 0 atom stereocenters. The van der Waals surface area contributed by atoms with Crippen molar-refractivity contribution < 1.29 is 8.42 Å². The fraction of sp³-hybridized carbons (Fsp3) is 0.905. The van der Waals surface area contributed by atoms with Crippen molar-refractivity contribution in [3.63, 3.8) is 0 Å². The summed E-state index contributed by atoms with van der Waals surface area (Å²) in [4.78, 5) is 0. The second-order valence-electron chi connectivity index (χ2n) is 7.54. The molecule has 0 spiro atoms. The van der Waals surface area contributed by atoms with Gasteiger partial charge in [-0.05, 0) is 25.7 Å². The van der Waals surface area contributed by atoms with E-state index < -0.39 is 10.0 Å². The quantitative estimate of drug-likeness (QED) is 0.254. The topological polar surface area (TPSA) is 46.2 Å². The van der Waals surface area contributed by atoms with Crippen molar-refractivity contribution in [2.75, 3.05) is 6.54 Å². The molecule has 0 aromatic heterocycles. The van der Waals surface area contributed by atoms with Crippen LogP contribution in [0.15, 0.2) is 0 Å². The maximum Gasteiger partial charge on any atom is 0.214 e. The monoisotopic (exact) mass is 369 g/mol. The Morgan fingerprint density at radius 3 is 1.52 bits per heavy atom. The lowest BCUT2D eigenvalue weighted by atomic mass is 10.0. The van der Waals surface area contributed by atoms with Crippen LogP contribution in [0.3, 0.4) is 0 Å². The van der Waals surface area contributed by atoms with Crippen molar-refractivity contribution in [1.29, 1.82) is 0 Å². The van der Waals surface area contributed by atoms with Crippen LogP contribution in [0.2, 0.25) is 0 Å². The van der Waals surface area contributed by atoms with Gasteiger partial charge >= 0.3 is 0 Å². The number of rotatable bonds is 18. The molecule has 0 radical (unpaired) electrons. The van der Waals surface area contributed by atoms with Gasteiger partial charge in [-0.3, -0.25) is 0 Å². The predicted molar refractivity (Wildman–Crippen MR) is 108 cm³/mol. The molecule has 1 saturated carbocycles. The van der Waals surface area contributed by atoms with Gasteiger partial charge < -0.3 is 0 Å². The molecule has 3 nitrogen and oxygen atoms in total. The zero-order valence-electron chi connectivity index (χ0n) is 16.1. The van der Waals surface area contributed by atoms with Gasteiger partial charge in [0.05, 0.1) is 5.25 Å². The van der Waals surface area contributed by atoms with Crippen molar-refractivity contribution in [3.8, 4) is 12.3 Å². The Labute approximate surface area is 156 Å². The molecule has 0 unspecified atom stereocenters. The summed E-state index contributed by atoms with van der Waals surface area (Å²) >= 11 is 0. The number of hydrogen-bond acceptors (Lipinski definition) is 2. The maximum absolute atomic E-state index is 11.6. The summed E-state index contributed by atoms with van der Waals surface area (Å²) < 4.78 is 26.0. The van der Waals surface area contributed by atoms with E-state index in [4.69, 9.17) is 6.42 Å². The van der Waals surface area contributed by atoms with Crippen molar-refractivity contribution in [1.82, 2.24) is 4.72 Å². The minimum atomic E-state index is -2.97. The smallest absolute Gasteiger partial charge is 0.214 e. The summed E-state index contributed by atoms with van der Waals surface area (Å²) in [5.41, 5.74) is 0. The summed E-state index contributed by atoms with van der Waals surface area (Å²) in [5.74, 6) is 2.70. The van der Waals surface area contributed by atoms with Gasteiger partial charge in [-0.2, -0.15) is 0 Å². The standard InChI is InChI=1S/C21H39NO2S/c1-2-3-4-5-6-7-8-9-10-11-12-13-14-15-16-17-20-22-25(23,24)21-18-19-21/h1,21-22H,3-20H2. The van der Waals surface area contributed by atoms with Gasteiger partial charge in [0.1, 0.15) is 0 Å². The first-order valence-electron chi connectivity index (χ1n) is 10.6. The van der Waals surface area contributed by atoms with E-state index in [1.54, 1.807) is 0 Å². The molecule has 1 aliphatic carbocycles. The van der Waals surface area contributed by atoms with Gasteiger partial charge in [0.2, 0.25) is 10.0 Å². The molecule has 0 saturated heterocycles. The number of sulfonamides is 1. The SMILES string of the molecule is C#CCCCCCCCCCCCCCCCCNS(=O)(=O)C1CC1. The van der Waals surface area contributed by atoms with Crippen molar-refractivity contribution in [2.45, 2.75) is 114 Å². The fourth-order valence-corrected chi connectivity index (χ4v) is 4.61. The maximum atomic E-state index is 11.6. The highest BCUT2D eigenvalue weighted by molar-refractivity contribution is 7.90.